The average molecular weight is 329 g/mol. The first kappa shape index (κ1) is 17.0. The van der Waals surface area contributed by atoms with Crippen LogP contribution in [0.5, 0.6) is 0 Å². The third kappa shape index (κ3) is 4.82. The molecule has 0 unspecified atom stereocenters. The second-order valence-corrected chi connectivity index (χ2v) is 6.29. The van der Waals surface area contributed by atoms with Gasteiger partial charge in [0.15, 0.2) is 0 Å². The molecule has 1 aliphatic rings. The van der Waals surface area contributed by atoms with Crippen molar-refractivity contribution in [2.75, 3.05) is 13.2 Å². The first-order chi connectivity index (χ1) is 11.7. The standard InChI is InChI=1S/C19H24FN3O/c1-2-19-21-10-16(11-22-19)13-23(14-18-4-3-9-24-18)12-15-5-7-17(20)8-6-15/h5-8,10-11,18H,2-4,9,12-14H2,1H3/t18-/m0/s1. The molecule has 1 aliphatic heterocycles. The summed E-state index contributed by atoms with van der Waals surface area (Å²) in [5, 5.41) is 0. The van der Waals surface area contributed by atoms with Gasteiger partial charge in [0, 0.05) is 50.6 Å². The zero-order valence-corrected chi connectivity index (χ0v) is 14.1. The van der Waals surface area contributed by atoms with Gasteiger partial charge in [-0.3, -0.25) is 4.90 Å². The van der Waals surface area contributed by atoms with Crippen molar-refractivity contribution < 1.29 is 9.13 Å². The van der Waals surface area contributed by atoms with E-state index in [4.69, 9.17) is 4.74 Å². The second-order valence-electron chi connectivity index (χ2n) is 6.29. The van der Waals surface area contributed by atoms with Gasteiger partial charge in [-0.1, -0.05) is 19.1 Å². The normalized spacial score (nSPS) is 17.5. The predicted molar refractivity (Wildman–Crippen MR) is 90.9 cm³/mol. The van der Waals surface area contributed by atoms with Gasteiger partial charge in [-0.05, 0) is 30.5 Å². The summed E-state index contributed by atoms with van der Waals surface area (Å²) in [5.74, 6) is 0.663. The van der Waals surface area contributed by atoms with Crippen LogP contribution in [0.3, 0.4) is 0 Å². The molecule has 2 heterocycles. The highest BCUT2D eigenvalue weighted by Crippen LogP contribution is 2.17. The van der Waals surface area contributed by atoms with Crippen LogP contribution in [0, 0.1) is 5.82 Å². The Labute approximate surface area is 142 Å². The molecule has 0 aliphatic carbocycles. The van der Waals surface area contributed by atoms with E-state index in [0.29, 0.717) is 0 Å². The Morgan fingerprint density at radius 3 is 2.46 bits per heavy atom. The van der Waals surface area contributed by atoms with Crippen molar-refractivity contribution in [2.24, 2.45) is 0 Å². The number of hydrogen-bond acceptors (Lipinski definition) is 4. The first-order valence-electron chi connectivity index (χ1n) is 8.61. The predicted octanol–water partition coefficient (Wildman–Crippen LogP) is 3.36. The highest BCUT2D eigenvalue weighted by atomic mass is 19.1. The van der Waals surface area contributed by atoms with Crippen molar-refractivity contribution in [1.82, 2.24) is 14.9 Å². The number of aromatic nitrogens is 2. The fraction of sp³-hybridized carbons (Fsp3) is 0.474. The van der Waals surface area contributed by atoms with E-state index < -0.39 is 0 Å². The van der Waals surface area contributed by atoms with Crippen LogP contribution in [0.1, 0.15) is 36.7 Å². The molecule has 3 rings (SSSR count). The van der Waals surface area contributed by atoms with E-state index in [1.807, 2.05) is 31.5 Å². The summed E-state index contributed by atoms with van der Waals surface area (Å²) in [4.78, 5) is 11.1. The molecule has 24 heavy (non-hydrogen) atoms. The maximum atomic E-state index is 13.1. The summed E-state index contributed by atoms with van der Waals surface area (Å²) in [6, 6.07) is 6.71. The topological polar surface area (TPSA) is 38.2 Å². The van der Waals surface area contributed by atoms with Gasteiger partial charge < -0.3 is 4.74 Å². The van der Waals surface area contributed by atoms with Crippen LogP contribution in [0.2, 0.25) is 0 Å². The minimum Gasteiger partial charge on any atom is -0.377 e. The van der Waals surface area contributed by atoms with Crippen LogP contribution < -0.4 is 0 Å². The van der Waals surface area contributed by atoms with Crippen LogP contribution in [0.4, 0.5) is 4.39 Å². The Kier molecular flexibility index (Phi) is 5.88. The molecule has 1 aromatic heterocycles. The van der Waals surface area contributed by atoms with Crippen LogP contribution in [-0.4, -0.2) is 34.1 Å². The van der Waals surface area contributed by atoms with Crippen molar-refractivity contribution in [2.45, 2.75) is 45.4 Å². The lowest BCUT2D eigenvalue weighted by Gasteiger charge is -2.25. The van der Waals surface area contributed by atoms with Crippen LogP contribution in [0.15, 0.2) is 36.7 Å². The summed E-state index contributed by atoms with van der Waals surface area (Å²) < 4.78 is 18.9. The molecule has 0 amide bonds. The highest BCUT2D eigenvalue weighted by Gasteiger charge is 2.20. The maximum Gasteiger partial charge on any atom is 0.127 e. The molecular weight excluding hydrogens is 305 g/mol. The molecule has 5 heteroatoms. The van der Waals surface area contributed by atoms with Crippen molar-refractivity contribution in [3.8, 4) is 0 Å². The molecule has 1 atom stereocenters. The zero-order valence-electron chi connectivity index (χ0n) is 14.1. The molecule has 1 aromatic carbocycles. The van der Waals surface area contributed by atoms with E-state index in [9.17, 15) is 4.39 Å². The number of benzene rings is 1. The lowest BCUT2D eigenvalue weighted by Crippen LogP contribution is -2.31. The molecule has 128 valence electrons. The van der Waals surface area contributed by atoms with Gasteiger partial charge in [-0.15, -0.1) is 0 Å². The van der Waals surface area contributed by atoms with Crippen LogP contribution in [0.25, 0.3) is 0 Å². The maximum absolute atomic E-state index is 13.1. The Bertz CT molecular complexity index is 624. The fourth-order valence-corrected chi connectivity index (χ4v) is 3.01. The monoisotopic (exact) mass is 329 g/mol. The third-order valence-corrected chi connectivity index (χ3v) is 4.29. The summed E-state index contributed by atoms with van der Waals surface area (Å²) in [5.41, 5.74) is 2.19. The van der Waals surface area contributed by atoms with Crippen molar-refractivity contribution in [3.63, 3.8) is 0 Å². The van der Waals surface area contributed by atoms with Crippen LogP contribution >= 0.6 is 0 Å². The van der Waals surface area contributed by atoms with Gasteiger partial charge in [0.2, 0.25) is 0 Å². The summed E-state index contributed by atoms with van der Waals surface area (Å²) in [7, 11) is 0. The number of ether oxygens (including phenoxy) is 1. The number of aryl methyl sites for hydroxylation is 1. The Morgan fingerprint density at radius 1 is 1.12 bits per heavy atom. The van der Waals surface area contributed by atoms with Crippen molar-refractivity contribution in [1.29, 1.82) is 0 Å². The summed E-state index contributed by atoms with van der Waals surface area (Å²) in [6.07, 6.45) is 7.16. The largest absolute Gasteiger partial charge is 0.377 e. The molecule has 0 N–H and O–H groups in total. The SMILES string of the molecule is CCc1ncc(CN(Cc2ccc(F)cc2)C[C@@H]2CCCO2)cn1. The zero-order chi connectivity index (χ0) is 16.8. The molecule has 4 nitrogen and oxygen atoms in total. The smallest absolute Gasteiger partial charge is 0.127 e. The molecule has 0 saturated carbocycles. The highest BCUT2D eigenvalue weighted by molar-refractivity contribution is 5.16. The minimum absolute atomic E-state index is 0.201. The molecule has 0 radical (unpaired) electrons. The molecule has 1 saturated heterocycles. The Balaban J connectivity index is 1.68. The number of nitrogens with zero attached hydrogens (tertiary/aromatic N) is 3. The molecule has 0 spiro atoms. The number of rotatable bonds is 7. The number of hydrogen-bond donors (Lipinski definition) is 0. The van der Waals surface area contributed by atoms with E-state index in [2.05, 4.69) is 14.9 Å². The molecule has 1 fully saturated rings. The fourth-order valence-electron chi connectivity index (χ4n) is 3.01. The van der Waals surface area contributed by atoms with E-state index in [1.165, 1.54) is 12.1 Å². The first-order valence-corrected chi connectivity index (χ1v) is 8.61. The average Bonchev–Trinajstić information content (AvgIpc) is 3.10. The van der Waals surface area contributed by atoms with E-state index in [1.54, 1.807) is 0 Å². The van der Waals surface area contributed by atoms with Gasteiger partial charge >= 0.3 is 0 Å². The third-order valence-electron chi connectivity index (χ3n) is 4.29. The summed E-state index contributed by atoms with van der Waals surface area (Å²) in [6.45, 7) is 5.29. The molecule has 0 bridgehead atoms. The molecular formula is C19H24FN3O. The van der Waals surface area contributed by atoms with Gasteiger partial charge in [-0.2, -0.15) is 0 Å². The van der Waals surface area contributed by atoms with Gasteiger partial charge in [0.1, 0.15) is 11.6 Å². The minimum atomic E-state index is -0.201. The van der Waals surface area contributed by atoms with E-state index in [-0.39, 0.29) is 11.9 Å². The van der Waals surface area contributed by atoms with Gasteiger partial charge in [-0.25, -0.2) is 14.4 Å². The van der Waals surface area contributed by atoms with Crippen molar-refractivity contribution >= 4 is 0 Å². The van der Waals surface area contributed by atoms with Gasteiger partial charge in [0.05, 0.1) is 6.10 Å². The second kappa shape index (κ2) is 8.31. The lowest BCUT2D eigenvalue weighted by molar-refractivity contribution is 0.0678. The lowest BCUT2D eigenvalue weighted by atomic mass is 10.1. The van der Waals surface area contributed by atoms with E-state index in [0.717, 1.165) is 62.5 Å². The summed E-state index contributed by atoms with van der Waals surface area (Å²) >= 11 is 0. The quantitative estimate of drug-likeness (QED) is 0.781. The number of halogens is 1. The van der Waals surface area contributed by atoms with Crippen LogP contribution in [-0.2, 0) is 24.2 Å². The van der Waals surface area contributed by atoms with E-state index >= 15 is 0 Å². The molecule has 2 aromatic rings. The Hall–Kier alpha value is -1.85. The van der Waals surface area contributed by atoms with Crippen molar-refractivity contribution in [3.05, 3.63) is 59.4 Å². The Morgan fingerprint density at radius 2 is 1.83 bits per heavy atom. The van der Waals surface area contributed by atoms with Gasteiger partial charge in [0.25, 0.3) is 0 Å².